The van der Waals surface area contributed by atoms with Crippen molar-refractivity contribution in [2.45, 2.75) is 12.5 Å². The molecule has 0 saturated heterocycles. The Balaban J connectivity index is 2.51. The Kier molecular flexibility index (Phi) is 3.84. The Hall–Kier alpha value is -1.14. The summed E-state index contributed by atoms with van der Waals surface area (Å²) in [5, 5.41) is 3.77. The zero-order valence-corrected chi connectivity index (χ0v) is 8.73. The third-order valence-corrected chi connectivity index (χ3v) is 1.67. The Morgan fingerprint density at radius 1 is 1.57 bits per heavy atom. The Labute approximate surface area is 83.0 Å². The van der Waals surface area contributed by atoms with Crippen LogP contribution < -0.4 is 10.6 Å². The maximum atomic E-state index is 5.74. The topological polar surface area (TPSA) is 77.4 Å². The molecule has 1 atom stereocenters. The van der Waals surface area contributed by atoms with Crippen molar-refractivity contribution in [3.05, 3.63) is 5.89 Å². The number of rotatable bonds is 5. The molecule has 0 fully saturated rings. The van der Waals surface area contributed by atoms with Crippen LogP contribution in [0.2, 0.25) is 0 Å². The summed E-state index contributed by atoms with van der Waals surface area (Å²) in [4.78, 5) is 5.92. The molecule has 0 radical (unpaired) electrons. The highest BCUT2D eigenvalue weighted by Gasteiger charge is 2.11. The number of ether oxygens (including phenoxy) is 1. The van der Waals surface area contributed by atoms with Gasteiger partial charge in [-0.2, -0.15) is 4.98 Å². The summed E-state index contributed by atoms with van der Waals surface area (Å²) in [6, 6.07) is -0.101. The van der Waals surface area contributed by atoms with E-state index in [0.29, 0.717) is 24.9 Å². The minimum atomic E-state index is -0.101. The van der Waals surface area contributed by atoms with E-state index >= 15 is 0 Å². The van der Waals surface area contributed by atoms with Gasteiger partial charge in [0.25, 0.3) is 5.95 Å². The van der Waals surface area contributed by atoms with Crippen molar-refractivity contribution in [3.63, 3.8) is 0 Å². The summed E-state index contributed by atoms with van der Waals surface area (Å²) in [6.07, 6.45) is 0.536. The second-order valence-electron chi connectivity index (χ2n) is 3.30. The van der Waals surface area contributed by atoms with Crippen LogP contribution >= 0.6 is 0 Å². The molecule has 1 aromatic heterocycles. The minimum absolute atomic E-state index is 0.101. The van der Waals surface area contributed by atoms with E-state index in [4.69, 9.17) is 15.0 Å². The molecule has 0 bridgehead atoms. The third-order valence-electron chi connectivity index (χ3n) is 1.67. The number of aromatic nitrogens is 2. The van der Waals surface area contributed by atoms with Gasteiger partial charge in [0.2, 0.25) is 5.89 Å². The molecule has 2 N–H and O–H groups in total. The Morgan fingerprint density at radius 2 is 2.29 bits per heavy atom. The minimum Gasteiger partial charge on any atom is -0.383 e. The maximum absolute atomic E-state index is 5.74. The van der Waals surface area contributed by atoms with Gasteiger partial charge in [-0.15, -0.1) is 0 Å². The molecule has 1 aromatic rings. The van der Waals surface area contributed by atoms with Crippen molar-refractivity contribution >= 4 is 5.95 Å². The first-order valence-corrected chi connectivity index (χ1v) is 4.38. The lowest BCUT2D eigenvalue weighted by Gasteiger charge is -2.06. The van der Waals surface area contributed by atoms with Crippen molar-refractivity contribution in [1.29, 1.82) is 0 Å². The molecular formula is C8H16N4O2. The van der Waals surface area contributed by atoms with Gasteiger partial charge in [0.15, 0.2) is 0 Å². The molecule has 1 rings (SSSR count). The largest absolute Gasteiger partial charge is 0.383 e. The number of methoxy groups -OCH3 is 1. The van der Waals surface area contributed by atoms with Crippen LogP contribution in [0.15, 0.2) is 4.52 Å². The van der Waals surface area contributed by atoms with E-state index in [2.05, 4.69) is 10.1 Å². The molecule has 6 heteroatoms. The zero-order chi connectivity index (χ0) is 10.6. The van der Waals surface area contributed by atoms with E-state index < -0.39 is 0 Å². The third kappa shape index (κ3) is 2.97. The summed E-state index contributed by atoms with van der Waals surface area (Å²) in [7, 11) is 5.31. The van der Waals surface area contributed by atoms with Gasteiger partial charge in [0.1, 0.15) is 0 Å². The van der Waals surface area contributed by atoms with Crippen LogP contribution in [-0.2, 0) is 11.2 Å². The first kappa shape index (κ1) is 10.9. The van der Waals surface area contributed by atoms with E-state index in [-0.39, 0.29) is 6.04 Å². The van der Waals surface area contributed by atoms with Gasteiger partial charge in [0, 0.05) is 33.7 Å². The summed E-state index contributed by atoms with van der Waals surface area (Å²) in [6.45, 7) is 0.486. The van der Waals surface area contributed by atoms with Crippen molar-refractivity contribution in [1.82, 2.24) is 10.1 Å². The fourth-order valence-corrected chi connectivity index (χ4v) is 1.01. The number of anilines is 1. The van der Waals surface area contributed by atoms with Gasteiger partial charge in [-0.25, -0.2) is 0 Å². The molecule has 0 spiro atoms. The van der Waals surface area contributed by atoms with Crippen LogP contribution in [0.1, 0.15) is 5.89 Å². The van der Waals surface area contributed by atoms with Crippen molar-refractivity contribution < 1.29 is 9.26 Å². The fraction of sp³-hybridized carbons (Fsp3) is 0.750. The molecule has 0 saturated carbocycles. The van der Waals surface area contributed by atoms with E-state index in [9.17, 15) is 0 Å². The molecule has 1 unspecified atom stereocenters. The van der Waals surface area contributed by atoms with E-state index in [1.54, 1.807) is 12.0 Å². The normalized spacial score (nSPS) is 12.9. The van der Waals surface area contributed by atoms with Gasteiger partial charge in [-0.05, 0) is 5.16 Å². The molecule has 0 aliphatic carbocycles. The summed E-state index contributed by atoms with van der Waals surface area (Å²) < 4.78 is 9.91. The lowest BCUT2D eigenvalue weighted by atomic mass is 10.2. The highest BCUT2D eigenvalue weighted by molar-refractivity contribution is 5.23. The van der Waals surface area contributed by atoms with Gasteiger partial charge < -0.3 is 19.9 Å². The average Bonchev–Trinajstić information content (AvgIpc) is 2.53. The smallest absolute Gasteiger partial charge is 0.265 e. The maximum Gasteiger partial charge on any atom is 0.265 e. The molecule has 0 aromatic carbocycles. The lowest BCUT2D eigenvalue weighted by Crippen LogP contribution is -2.28. The van der Waals surface area contributed by atoms with Crippen molar-refractivity contribution in [3.8, 4) is 0 Å². The van der Waals surface area contributed by atoms with E-state index in [1.807, 2.05) is 14.1 Å². The molecule has 0 aliphatic rings. The van der Waals surface area contributed by atoms with E-state index in [1.165, 1.54) is 0 Å². The highest BCUT2D eigenvalue weighted by Crippen LogP contribution is 2.06. The predicted octanol–water partition coefficient (Wildman–Crippen LogP) is -0.348. The second-order valence-corrected chi connectivity index (χ2v) is 3.30. The van der Waals surface area contributed by atoms with E-state index in [0.717, 1.165) is 0 Å². The van der Waals surface area contributed by atoms with Gasteiger partial charge in [-0.1, -0.05) is 0 Å². The molecular weight excluding hydrogens is 184 g/mol. The molecule has 80 valence electrons. The molecule has 0 amide bonds. The number of hydrogen-bond donors (Lipinski definition) is 1. The highest BCUT2D eigenvalue weighted by atomic mass is 16.5. The van der Waals surface area contributed by atoms with Crippen LogP contribution in [0.3, 0.4) is 0 Å². The quantitative estimate of drug-likeness (QED) is 0.700. The first-order valence-electron chi connectivity index (χ1n) is 4.38. The summed E-state index contributed by atoms with van der Waals surface area (Å²) in [5.74, 6) is 1.10. The predicted molar refractivity (Wildman–Crippen MR) is 52.2 cm³/mol. The molecule has 1 heterocycles. The Bertz CT molecular complexity index is 274. The van der Waals surface area contributed by atoms with Gasteiger partial charge in [0.05, 0.1) is 6.61 Å². The van der Waals surface area contributed by atoms with Gasteiger partial charge in [-0.3, -0.25) is 0 Å². The number of hydrogen-bond acceptors (Lipinski definition) is 6. The summed E-state index contributed by atoms with van der Waals surface area (Å²) >= 11 is 0. The SMILES string of the molecule is COCC(N)Cc1nc(N(C)C)no1. The average molecular weight is 200 g/mol. The monoisotopic (exact) mass is 200 g/mol. The van der Waals surface area contributed by atoms with Crippen LogP contribution in [0.4, 0.5) is 5.95 Å². The standard InChI is InChI=1S/C8H16N4O2/c1-12(2)8-10-7(14-11-8)4-6(9)5-13-3/h6H,4-5,9H2,1-3H3. The summed E-state index contributed by atoms with van der Waals surface area (Å²) in [5.41, 5.74) is 5.74. The van der Waals surface area contributed by atoms with Crippen LogP contribution in [-0.4, -0.2) is 44.0 Å². The van der Waals surface area contributed by atoms with Gasteiger partial charge >= 0.3 is 0 Å². The van der Waals surface area contributed by atoms with Crippen molar-refractivity contribution in [2.24, 2.45) is 5.73 Å². The second kappa shape index (κ2) is 4.92. The number of nitrogens with two attached hydrogens (primary N) is 1. The molecule has 0 aliphatic heterocycles. The fourth-order valence-electron chi connectivity index (χ4n) is 1.01. The zero-order valence-electron chi connectivity index (χ0n) is 8.73. The van der Waals surface area contributed by atoms with Crippen LogP contribution in [0.5, 0.6) is 0 Å². The molecule has 14 heavy (non-hydrogen) atoms. The lowest BCUT2D eigenvalue weighted by molar-refractivity contribution is 0.176. The molecule has 6 nitrogen and oxygen atoms in total. The Morgan fingerprint density at radius 3 is 2.79 bits per heavy atom. The van der Waals surface area contributed by atoms with Crippen LogP contribution in [0, 0.1) is 0 Å². The van der Waals surface area contributed by atoms with Crippen LogP contribution in [0.25, 0.3) is 0 Å². The first-order chi connectivity index (χ1) is 6.63. The van der Waals surface area contributed by atoms with Crippen molar-refractivity contribution in [2.75, 3.05) is 32.7 Å². The number of nitrogens with zero attached hydrogens (tertiary/aromatic N) is 3.